The molecule has 0 aliphatic rings. The Labute approximate surface area is 137 Å². The van der Waals surface area contributed by atoms with Crippen molar-refractivity contribution in [2.75, 3.05) is 6.54 Å². The van der Waals surface area contributed by atoms with Crippen LogP contribution in [-0.4, -0.2) is 27.2 Å². The van der Waals surface area contributed by atoms with Gasteiger partial charge in [-0.1, -0.05) is 23.2 Å². The van der Waals surface area contributed by atoms with Crippen LogP contribution in [0.1, 0.15) is 23.1 Å². The first kappa shape index (κ1) is 16.0. The number of aromatic amines is 1. The third-order valence-corrected chi connectivity index (χ3v) is 4.02. The van der Waals surface area contributed by atoms with Gasteiger partial charge in [0.05, 0.1) is 10.0 Å². The quantitative estimate of drug-likeness (QED) is 0.818. The molecule has 0 aliphatic heterocycles. The minimum Gasteiger partial charge on any atom is -0.352 e. The number of aromatic nitrogens is 3. The monoisotopic (exact) mass is 344 g/mol. The maximum Gasteiger partial charge on any atom is 0.251 e. The number of nitrogens with one attached hydrogen (secondary N) is 2. The van der Waals surface area contributed by atoms with E-state index in [1.54, 1.807) is 18.2 Å². The highest BCUT2D eigenvalue weighted by molar-refractivity contribution is 7.71. The van der Waals surface area contributed by atoms with Crippen molar-refractivity contribution in [3.8, 4) is 0 Å². The molecule has 2 N–H and O–H groups in total. The summed E-state index contributed by atoms with van der Waals surface area (Å²) in [6.45, 7) is 3.19. The van der Waals surface area contributed by atoms with Crippen LogP contribution < -0.4 is 5.32 Å². The van der Waals surface area contributed by atoms with Crippen LogP contribution in [0.3, 0.4) is 0 Å². The van der Waals surface area contributed by atoms with Gasteiger partial charge in [-0.2, -0.15) is 5.10 Å². The number of hydrogen-bond donors (Lipinski definition) is 2. The van der Waals surface area contributed by atoms with Gasteiger partial charge in [-0.05, 0) is 37.3 Å². The molecular weight excluding hydrogens is 331 g/mol. The largest absolute Gasteiger partial charge is 0.352 e. The second-order valence-corrected chi connectivity index (χ2v) is 5.53. The normalized spacial score (nSPS) is 10.6. The van der Waals surface area contributed by atoms with Gasteiger partial charge in [0.2, 0.25) is 0 Å². The molecule has 0 spiro atoms. The van der Waals surface area contributed by atoms with E-state index in [2.05, 4.69) is 15.5 Å². The summed E-state index contributed by atoms with van der Waals surface area (Å²) in [5, 5.41) is 10.5. The fraction of sp³-hybridized carbons (Fsp3) is 0.308. The predicted molar refractivity (Wildman–Crippen MR) is 85.6 cm³/mol. The Kier molecular flexibility index (Phi) is 5.39. The van der Waals surface area contributed by atoms with Gasteiger partial charge in [0.15, 0.2) is 4.77 Å². The van der Waals surface area contributed by atoms with Crippen molar-refractivity contribution in [2.45, 2.75) is 19.9 Å². The maximum absolute atomic E-state index is 12.0. The van der Waals surface area contributed by atoms with Crippen LogP contribution in [0, 0.1) is 4.77 Å². The van der Waals surface area contributed by atoms with Crippen molar-refractivity contribution in [2.24, 2.45) is 0 Å². The zero-order valence-electron chi connectivity index (χ0n) is 11.3. The van der Waals surface area contributed by atoms with Gasteiger partial charge in [0.25, 0.3) is 5.91 Å². The molecule has 0 saturated heterocycles. The highest BCUT2D eigenvalue weighted by atomic mass is 35.5. The third-order valence-electron chi connectivity index (χ3n) is 2.97. The second kappa shape index (κ2) is 7.06. The number of hydrogen-bond acceptors (Lipinski definition) is 3. The number of amides is 1. The average Bonchev–Trinajstić information content (AvgIpc) is 2.82. The van der Waals surface area contributed by atoms with E-state index < -0.39 is 0 Å². The van der Waals surface area contributed by atoms with E-state index in [9.17, 15) is 4.79 Å². The SMILES string of the molecule is CCn1c(CCNC(=O)c2ccc(Cl)c(Cl)c2)n[nH]c1=S. The molecule has 8 heteroatoms. The molecule has 1 aromatic carbocycles. The fourth-order valence-corrected chi connectivity index (χ4v) is 2.47. The zero-order chi connectivity index (χ0) is 15.4. The average molecular weight is 345 g/mol. The number of halogens is 2. The molecule has 0 bridgehead atoms. The summed E-state index contributed by atoms with van der Waals surface area (Å²) in [5.74, 6) is 0.614. The molecule has 21 heavy (non-hydrogen) atoms. The van der Waals surface area contributed by atoms with Crippen LogP contribution in [0.5, 0.6) is 0 Å². The van der Waals surface area contributed by atoms with Gasteiger partial charge in [0.1, 0.15) is 5.82 Å². The van der Waals surface area contributed by atoms with E-state index in [0.717, 1.165) is 12.4 Å². The number of nitrogens with zero attached hydrogens (tertiary/aromatic N) is 2. The molecular formula is C13H14Cl2N4OS. The van der Waals surface area contributed by atoms with Gasteiger partial charge in [-0.3, -0.25) is 9.89 Å². The summed E-state index contributed by atoms with van der Waals surface area (Å²) in [6, 6.07) is 4.77. The Balaban J connectivity index is 1.95. The van der Waals surface area contributed by atoms with Gasteiger partial charge in [-0.15, -0.1) is 0 Å². The first-order valence-corrected chi connectivity index (χ1v) is 7.56. The van der Waals surface area contributed by atoms with E-state index in [-0.39, 0.29) is 5.91 Å². The molecule has 0 aliphatic carbocycles. The Hall–Kier alpha value is -1.37. The van der Waals surface area contributed by atoms with Gasteiger partial charge in [-0.25, -0.2) is 0 Å². The molecule has 2 rings (SSSR count). The van der Waals surface area contributed by atoms with Crippen LogP contribution in [0.15, 0.2) is 18.2 Å². The topological polar surface area (TPSA) is 62.7 Å². The van der Waals surface area contributed by atoms with Crippen molar-refractivity contribution >= 4 is 41.3 Å². The summed E-state index contributed by atoms with van der Waals surface area (Å²) < 4.78 is 2.48. The summed E-state index contributed by atoms with van der Waals surface area (Å²) in [7, 11) is 0. The second-order valence-electron chi connectivity index (χ2n) is 4.32. The maximum atomic E-state index is 12.0. The van der Waals surface area contributed by atoms with Crippen molar-refractivity contribution < 1.29 is 4.79 Å². The molecule has 1 heterocycles. The molecule has 0 unspecified atom stereocenters. The summed E-state index contributed by atoms with van der Waals surface area (Å²) in [5.41, 5.74) is 0.471. The Bertz CT molecular complexity index is 710. The standard InChI is InChI=1S/C13H14Cl2N4OS/c1-2-19-11(17-18-13(19)21)5-6-16-12(20)8-3-4-9(14)10(15)7-8/h3-4,7H,2,5-6H2,1H3,(H,16,20)(H,18,21). The number of carbonyl (C=O) groups is 1. The van der Waals surface area contributed by atoms with Crippen LogP contribution in [0.4, 0.5) is 0 Å². The molecule has 0 fully saturated rings. The molecule has 2 aromatic rings. The predicted octanol–water partition coefficient (Wildman–Crippen LogP) is 3.24. The van der Waals surface area contributed by atoms with E-state index in [1.807, 2.05) is 11.5 Å². The lowest BCUT2D eigenvalue weighted by Gasteiger charge is -2.07. The van der Waals surface area contributed by atoms with Gasteiger partial charge < -0.3 is 9.88 Å². The summed E-state index contributed by atoms with van der Waals surface area (Å²) in [6.07, 6.45) is 0.591. The molecule has 112 valence electrons. The van der Waals surface area contributed by atoms with E-state index in [0.29, 0.717) is 33.3 Å². The van der Waals surface area contributed by atoms with Crippen LogP contribution >= 0.6 is 35.4 Å². The third kappa shape index (κ3) is 3.84. The Morgan fingerprint density at radius 1 is 1.43 bits per heavy atom. The lowest BCUT2D eigenvalue weighted by Crippen LogP contribution is -2.26. The lowest BCUT2D eigenvalue weighted by molar-refractivity contribution is 0.0954. The van der Waals surface area contributed by atoms with Crippen LogP contribution in [0.2, 0.25) is 10.0 Å². The molecule has 0 radical (unpaired) electrons. The van der Waals surface area contributed by atoms with E-state index >= 15 is 0 Å². The molecule has 1 amide bonds. The zero-order valence-corrected chi connectivity index (χ0v) is 13.6. The van der Waals surface area contributed by atoms with Crippen LogP contribution in [0.25, 0.3) is 0 Å². The number of H-pyrrole nitrogens is 1. The number of carbonyl (C=O) groups excluding carboxylic acids is 1. The molecule has 5 nitrogen and oxygen atoms in total. The van der Waals surface area contributed by atoms with Crippen molar-refractivity contribution in [1.82, 2.24) is 20.1 Å². The van der Waals surface area contributed by atoms with E-state index in [1.165, 1.54) is 0 Å². The first-order valence-electron chi connectivity index (χ1n) is 6.40. The summed E-state index contributed by atoms with van der Waals surface area (Å²) in [4.78, 5) is 12.0. The number of rotatable bonds is 5. The highest BCUT2D eigenvalue weighted by Gasteiger charge is 2.09. The highest BCUT2D eigenvalue weighted by Crippen LogP contribution is 2.22. The van der Waals surface area contributed by atoms with Gasteiger partial charge >= 0.3 is 0 Å². The van der Waals surface area contributed by atoms with E-state index in [4.69, 9.17) is 35.4 Å². The lowest BCUT2D eigenvalue weighted by atomic mass is 10.2. The smallest absolute Gasteiger partial charge is 0.251 e. The summed E-state index contributed by atoms with van der Waals surface area (Å²) >= 11 is 16.8. The minimum absolute atomic E-state index is 0.203. The Morgan fingerprint density at radius 3 is 2.86 bits per heavy atom. The fourth-order valence-electron chi connectivity index (χ4n) is 1.89. The van der Waals surface area contributed by atoms with Crippen molar-refractivity contribution in [3.05, 3.63) is 44.4 Å². The number of benzene rings is 1. The molecule has 0 saturated carbocycles. The molecule has 1 aromatic heterocycles. The minimum atomic E-state index is -0.203. The van der Waals surface area contributed by atoms with Crippen LogP contribution in [-0.2, 0) is 13.0 Å². The van der Waals surface area contributed by atoms with Crippen molar-refractivity contribution in [3.63, 3.8) is 0 Å². The molecule has 0 atom stereocenters. The van der Waals surface area contributed by atoms with Crippen molar-refractivity contribution in [1.29, 1.82) is 0 Å². The van der Waals surface area contributed by atoms with Gasteiger partial charge in [0, 0.05) is 25.1 Å². The first-order chi connectivity index (χ1) is 10.0. The Morgan fingerprint density at radius 2 is 2.19 bits per heavy atom.